The maximum absolute atomic E-state index is 12.2. The van der Waals surface area contributed by atoms with Crippen molar-refractivity contribution >= 4 is 40.0 Å². The van der Waals surface area contributed by atoms with Gasteiger partial charge in [0.2, 0.25) is 0 Å². The SMILES string of the molecule is O=C(O)C(C1CC1)S(=O)c1ccc(Cl)c(Cl)c1. The van der Waals surface area contributed by atoms with Gasteiger partial charge in [-0.25, -0.2) is 0 Å². The van der Waals surface area contributed by atoms with Crippen molar-refractivity contribution in [1.29, 1.82) is 0 Å². The Balaban J connectivity index is 2.28. The fourth-order valence-corrected chi connectivity index (χ4v) is 3.51. The molecule has 3 nitrogen and oxygen atoms in total. The Kier molecular flexibility index (Phi) is 3.76. The number of carboxylic acids is 1. The minimum atomic E-state index is -1.58. The largest absolute Gasteiger partial charge is 0.480 e. The second-order valence-electron chi connectivity index (χ2n) is 3.97. The molecule has 0 amide bonds. The molecule has 1 saturated carbocycles. The van der Waals surface area contributed by atoms with Crippen molar-refractivity contribution in [2.75, 3.05) is 0 Å². The van der Waals surface area contributed by atoms with Gasteiger partial charge in [0.1, 0.15) is 5.25 Å². The molecule has 2 atom stereocenters. The fourth-order valence-electron chi connectivity index (χ4n) is 1.62. The van der Waals surface area contributed by atoms with E-state index >= 15 is 0 Å². The Morgan fingerprint density at radius 1 is 1.35 bits per heavy atom. The van der Waals surface area contributed by atoms with Gasteiger partial charge in [0.15, 0.2) is 0 Å². The van der Waals surface area contributed by atoms with Crippen molar-refractivity contribution in [2.45, 2.75) is 23.0 Å². The average Bonchev–Trinajstić information content (AvgIpc) is 3.06. The third-order valence-electron chi connectivity index (χ3n) is 2.65. The standard InChI is InChI=1S/C11H10Cl2O3S/c12-8-4-3-7(5-9(8)13)17(16)10(11(14)15)6-1-2-6/h3-6,10H,1-2H2,(H,14,15). The van der Waals surface area contributed by atoms with Crippen molar-refractivity contribution in [3.63, 3.8) is 0 Å². The van der Waals surface area contributed by atoms with Crippen LogP contribution in [-0.4, -0.2) is 20.5 Å². The molecule has 6 heteroatoms. The predicted octanol–water partition coefficient (Wildman–Crippen LogP) is 2.96. The van der Waals surface area contributed by atoms with Crippen LogP contribution in [0.1, 0.15) is 12.8 Å². The number of carboxylic acid groups (broad SMARTS) is 1. The molecule has 0 aliphatic heterocycles. The number of aliphatic carboxylic acids is 1. The average molecular weight is 293 g/mol. The topological polar surface area (TPSA) is 54.4 Å². The first kappa shape index (κ1) is 12.9. The summed E-state index contributed by atoms with van der Waals surface area (Å²) in [6, 6.07) is 4.56. The summed E-state index contributed by atoms with van der Waals surface area (Å²) in [5.41, 5.74) is 0. The van der Waals surface area contributed by atoms with Gasteiger partial charge in [-0.3, -0.25) is 9.00 Å². The van der Waals surface area contributed by atoms with E-state index in [4.69, 9.17) is 28.3 Å². The van der Waals surface area contributed by atoms with Crippen LogP contribution in [0.5, 0.6) is 0 Å². The fraction of sp³-hybridized carbons (Fsp3) is 0.364. The normalized spacial score (nSPS) is 18.7. The van der Waals surface area contributed by atoms with Crippen LogP contribution in [0, 0.1) is 5.92 Å². The summed E-state index contributed by atoms with van der Waals surface area (Å²) in [4.78, 5) is 11.5. The van der Waals surface area contributed by atoms with Crippen LogP contribution in [-0.2, 0) is 15.6 Å². The summed E-state index contributed by atoms with van der Waals surface area (Å²) < 4.78 is 12.2. The minimum absolute atomic E-state index is 0.0165. The molecule has 0 radical (unpaired) electrons. The highest BCUT2D eigenvalue weighted by atomic mass is 35.5. The Morgan fingerprint density at radius 2 is 2.00 bits per heavy atom. The third kappa shape index (κ3) is 2.81. The predicted molar refractivity (Wildman–Crippen MR) is 67.0 cm³/mol. The molecular formula is C11H10Cl2O3S. The van der Waals surface area contributed by atoms with Gasteiger partial charge in [0, 0.05) is 4.90 Å². The first-order valence-electron chi connectivity index (χ1n) is 5.09. The van der Waals surface area contributed by atoms with Gasteiger partial charge in [0.25, 0.3) is 0 Å². The van der Waals surface area contributed by atoms with E-state index in [0.29, 0.717) is 9.92 Å². The molecule has 92 valence electrons. The maximum Gasteiger partial charge on any atom is 0.319 e. The van der Waals surface area contributed by atoms with Crippen LogP contribution in [0.25, 0.3) is 0 Å². The van der Waals surface area contributed by atoms with E-state index in [1.807, 2.05) is 0 Å². The lowest BCUT2D eigenvalue weighted by atomic mass is 10.3. The van der Waals surface area contributed by atoms with Crippen LogP contribution < -0.4 is 0 Å². The van der Waals surface area contributed by atoms with Crippen molar-refractivity contribution in [3.05, 3.63) is 28.2 Å². The summed E-state index contributed by atoms with van der Waals surface area (Å²) in [7, 11) is -1.58. The van der Waals surface area contributed by atoms with Gasteiger partial charge in [-0.1, -0.05) is 23.2 Å². The smallest absolute Gasteiger partial charge is 0.319 e. The van der Waals surface area contributed by atoms with Crippen molar-refractivity contribution in [1.82, 2.24) is 0 Å². The molecule has 0 saturated heterocycles. The highest BCUT2D eigenvalue weighted by molar-refractivity contribution is 7.86. The lowest BCUT2D eigenvalue weighted by Crippen LogP contribution is -2.27. The number of hydrogen-bond donors (Lipinski definition) is 1. The number of benzene rings is 1. The molecule has 1 aliphatic carbocycles. The summed E-state index contributed by atoms with van der Waals surface area (Å²) in [5, 5.41) is 8.90. The van der Waals surface area contributed by atoms with Gasteiger partial charge >= 0.3 is 5.97 Å². The van der Waals surface area contributed by atoms with Gasteiger partial charge in [-0.15, -0.1) is 0 Å². The van der Waals surface area contributed by atoms with E-state index in [1.54, 1.807) is 6.07 Å². The Morgan fingerprint density at radius 3 is 2.47 bits per heavy atom. The molecule has 1 N–H and O–H groups in total. The van der Waals surface area contributed by atoms with Crippen LogP contribution >= 0.6 is 23.2 Å². The molecule has 0 heterocycles. The lowest BCUT2D eigenvalue weighted by molar-refractivity contribution is -0.136. The maximum atomic E-state index is 12.2. The molecule has 17 heavy (non-hydrogen) atoms. The van der Waals surface area contributed by atoms with E-state index in [0.717, 1.165) is 12.8 Å². The van der Waals surface area contributed by atoms with Crippen LogP contribution in [0.3, 0.4) is 0 Å². The van der Waals surface area contributed by atoms with E-state index in [1.165, 1.54) is 12.1 Å². The zero-order chi connectivity index (χ0) is 12.6. The zero-order valence-electron chi connectivity index (χ0n) is 8.73. The third-order valence-corrected chi connectivity index (χ3v) is 5.15. The van der Waals surface area contributed by atoms with Crippen molar-refractivity contribution < 1.29 is 14.1 Å². The molecule has 1 fully saturated rings. The Hall–Kier alpha value is -0.580. The van der Waals surface area contributed by atoms with Crippen LogP contribution in [0.15, 0.2) is 23.1 Å². The molecule has 1 aromatic carbocycles. The number of halogens is 2. The minimum Gasteiger partial charge on any atom is -0.480 e. The zero-order valence-corrected chi connectivity index (χ0v) is 11.1. The Bertz CT molecular complexity index is 486. The second kappa shape index (κ2) is 4.96. The second-order valence-corrected chi connectivity index (χ2v) is 6.36. The van der Waals surface area contributed by atoms with E-state index in [9.17, 15) is 9.00 Å². The molecule has 0 bridgehead atoms. The Labute approximate surface area is 111 Å². The quantitative estimate of drug-likeness (QED) is 0.928. The molecule has 2 rings (SSSR count). The van der Waals surface area contributed by atoms with Gasteiger partial charge in [-0.2, -0.15) is 0 Å². The molecular weight excluding hydrogens is 283 g/mol. The molecule has 0 aromatic heterocycles. The van der Waals surface area contributed by atoms with Crippen molar-refractivity contribution in [2.24, 2.45) is 5.92 Å². The summed E-state index contributed by atoms with van der Waals surface area (Å²) >= 11 is 11.6. The highest BCUT2D eigenvalue weighted by Gasteiger charge is 2.41. The summed E-state index contributed by atoms with van der Waals surface area (Å²) in [6.07, 6.45) is 1.65. The molecule has 1 aromatic rings. The first-order valence-corrected chi connectivity index (χ1v) is 7.06. The van der Waals surface area contributed by atoms with Gasteiger partial charge < -0.3 is 5.11 Å². The van der Waals surface area contributed by atoms with E-state index in [2.05, 4.69) is 0 Å². The number of rotatable bonds is 4. The monoisotopic (exact) mass is 292 g/mol. The number of carbonyl (C=O) groups is 1. The van der Waals surface area contributed by atoms with Crippen molar-refractivity contribution in [3.8, 4) is 0 Å². The highest BCUT2D eigenvalue weighted by Crippen LogP contribution is 2.37. The van der Waals surface area contributed by atoms with Gasteiger partial charge in [-0.05, 0) is 37.0 Å². The van der Waals surface area contributed by atoms with Crippen LogP contribution in [0.2, 0.25) is 10.0 Å². The first-order chi connectivity index (χ1) is 8.00. The molecule has 0 spiro atoms. The number of hydrogen-bond acceptors (Lipinski definition) is 2. The van der Waals surface area contributed by atoms with Gasteiger partial charge in [0.05, 0.1) is 20.8 Å². The summed E-state index contributed by atoms with van der Waals surface area (Å²) in [6.45, 7) is 0. The van der Waals surface area contributed by atoms with E-state index < -0.39 is 22.0 Å². The molecule has 1 aliphatic rings. The van der Waals surface area contributed by atoms with Crippen LogP contribution in [0.4, 0.5) is 0 Å². The van der Waals surface area contributed by atoms with E-state index in [-0.39, 0.29) is 10.9 Å². The lowest BCUT2D eigenvalue weighted by Gasteiger charge is -2.11. The summed E-state index contributed by atoms with van der Waals surface area (Å²) in [5.74, 6) is -1.00. The molecule has 2 unspecified atom stereocenters.